The molecule has 0 spiro atoms. The summed E-state index contributed by atoms with van der Waals surface area (Å²) in [6.07, 6.45) is 0. The number of hydrogen-bond donors (Lipinski definition) is 1. The van der Waals surface area contributed by atoms with E-state index < -0.39 is 0 Å². The minimum atomic E-state index is 0.382. The molecule has 70 valence electrons. The highest BCUT2D eigenvalue weighted by Gasteiger charge is 2.03. The molecular weight excluding hydrogens is 202 g/mol. The Hall–Kier alpha value is -0.740. The Bertz CT molecular complexity index is 276. The van der Waals surface area contributed by atoms with E-state index in [1.54, 1.807) is 0 Å². The maximum atomic E-state index is 4.90. The van der Waals surface area contributed by atoms with Gasteiger partial charge in [-0.25, -0.2) is 0 Å². The van der Waals surface area contributed by atoms with E-state index in [0.717, 1.165) is 6.54 Å². The average molecular weight is 213 g/mol. The fourth-order valence-electron chi connectivity index (χ4n) is 0.992. The van der Waals surface area contributed by atoms with Crippen molar-refractivity contribution in [1.29, 1.82) is 0 Å². The van der Waals surface area contributed by atoms with Crippen molar-refractivity contribution in [3.8, 4) is 0 Å². The van der Waals surface area contributed by atoms with Gasteiger partial charge in [-0.05, 0) is 17.8 Å². The zero-order valence-corrected chi connectivity index (χ0v) is 9.02. The van der Waals surface area contributed by atoms with Gasteiger partial charge in [0, 0.05) is 26.5 Å². The summed E-state index contributed by atoms with van der Waals surface area (Å²) in [6.45, 7) is 0.736. The van der Waals surface area contributed by atoms with Crippen LogP contribution >= 0.6 is 25.1 Å². The molecule has 0 N–H and O–H groups in total. The SMILES string of the molecule is CN(Cc1ccccc1)C(=S)OS. The van der Waals surface area contributed by atoms with Gasteiger partial charge in [-0.1, -0.05) is 30.3 Å². The van der Waals surface area contributed by atoms with Crippen LogP contribution in [0, 0.1) is 0 Å². The third-order valence-electron chi connectivity index (χ3n) is 1.65. The highest BCUT2D eigenvalue weighted by atomic mass is 32.1. The molecule has 1 aromatic rings. The Labute approximate surface area is 89.1 Å². The summed E-state index contributed by atoms with van der Waals surface area (Å²) in [4.78, 5) is 1.82. The highest BCUT2D eigenvalue weighted by molar-refractivity contribution is 7.82. The summed E-state index contributed by atoms with van der Waals surface area (Å²) in [5.41, 5.74) is 1.19. The van der Waals surface area contributed by atoms with Crippen LogP contribution in [0.25, 0.3) is 0 Å². The number of nitrogens with zero attached hydrogens (tertiary/aromatic N) is 1. The molecule has 0 fully saturated rings. The standard InChI is InChI=1S/C9H11NOS2/c1-10(9(12)11-13)7-8-5-3-2-4-6-8/h2-6,13H,7H2,1H3. The van der Waals surface area contributed by atoms with E-state index in [4.69, 9.17) is 12.2 Å². The molecule has 0 bridgehead atoms. The van der Waals surface area contributed by atoms with Crippen LogP contribution in [-0.2, 0) is 10.7 Å². The number of benzene rings is 1. The molecule has 4 heteroatoms. The van der Waals surface area contributed by atoms with E-state index >= 15 is 0 Å². The van der Waals surface area contributed by atoms with Crippen LogP contribution in [-0.4, -0.2) is 17.1 Å². The molecule has 0 saturated carbocycles. The van der Waals surface area contributed by atoms with Crippen LogP contribution < -0.4 is 0 Å². The number of thiol groups is 1. The van der Waals surface area contributed by atoms with Crippen molar-refractivity contribution in [3.63, 3.8) is 0 Å². The Morgan fingerprint density at radius 3 is 2.62 bits per heavy atom. The molecule has 0 aliphatic heterocycles. The molecule has 13 heavy (non-hydrogen) atoms. The fourth-order valence-corrected chi connectivity index (χ4v) is 1.20. The zero-order chi connectivity index (χ0) is 9.68. The molecule has 1 rings (SSSR count). The quantitative estimate of drug-likeness (QED) is 0.460. The van der Waals surface area contributed by atoms with Crippen LogP contribution in [0.5, 0.6) is 0 Å². The molecule has 1 aromatic carbocycles. The molecule has 0 atom stereocenters. The highest BCUT2D eigenvalue weighted by Crippen LogP contribution is 2.04. The lowest BCUT2D eigenvalue weighted by molar-refractivity contribution is 0.426. The van der Waals surface area contributed by atoms with Crippen molar-refractivity contribution in [2.24, 2.45) is 0 Å². The van der Waals surface area contributed by atoms with Crippen LogP contribution in [0.1, 0.15) is 5.56 Å². The van der Waals surface area contributed by atoms with Gasteiger partial charge in [0.1, 0.15) is 0 Å². The maximum absolute atomic E-state index is 4.90. The van der Waals surface area contributed by atoms with Crippen molar-refractivity contribution in [2.75, 3.05) is 7.05 Å². The van der Waals surface area contributed by atoms with E-state index in [0.29, 0.717) is 5.17 Å². The van der Waals surface area contributed by atoms with Crippen LogP contribution in [0.4, 0.5) is 0 Å². The molecule has 0 aliphatic carbocycles. The Kier molecular flexibility index (Phi) is 4.05. The molecule has 0 amide bonds. The van der Waals surface area contributed by atoms with Gasteiger partial charge in [-0.3, -0.25) is 0 Å². The van der Waals surface area contributed by atoms with Crippen molar-refractivity contribution >= 4 is 30.3 Å². The van der Waals surface area contributed by atoms with Gasteiger partial charge in [0.05, 0.1) is 0 Å². The predicted molar refractivity (Wildman–Crippen MR) is 60.6 cm³/mol. The van der Waals surface area contributed by atoms with Gasteiger partial charge < -0.3 is 9.08 Å². The van der Waals surface area contributed by atoms with E-state index in [1.165, 1.54) is 5.56 Å². The lowest BCUT2D eigenvalue weighted by Gasteiger charge is -2.17. The number of rotatable bonds is 2. The Balaban J connectivity index is 2.55. The first-order chi connectivity index (χ1) is 6.24. The van der Waals surface area contributed by atoms with Crippen LogP contribution in [0.15, 0.2) is 30.3 Å². The molecular formula is C9H11NOS2. The van der Waals surface area contributed by atoms with Crippen molar-refractivity contribution in [1.82, 2.24) is 4.90 Å². The number of thiocarbonyl (C=S) groups is 1. The molecule has 0 heterocycles. The van der Waals surface area contributed by atoms with Crippen molar-refractivity contribution < 1.29 is 4.18 Å². The topological polar surface area (TPSA) is 12.5 Å². The molecule has 0 aliphatic rings. The molecule has 2 nitrogen and oxygen atoms in total. The lowest BCUT2D eigenvalue weighted by atomic mass is 10.2. The van der Waals surface area contributed by atoms with E-state index in [9.17, 15) is 0 Å². The van der Waals surface area contributed by atoms with Gasteiger partial charge in [0.15, 0.2) is 0 Å². The van der Waals surface area contributed by atoms with E-state index in [-0.39, 0.29) is 0 Å². The second-order valence-electron chi connectivity index (χ2n) is 2.70. The molecule has 0 radical (unpaired) electrons. The Morgan fingerprint density at radius 1 is 1.46 bits per heavy atom. The van der Waals surface area contributed by atoms with Gasteiger partial charge in [0.2, 0.25) is 0 Å². The normalized spacial score (nSPS) is 9.38. The van der Waals surface area contributed by atoms with Crippen molar-refractivity contribution in [3.05, 3.63) is 35.9 Å². The fraction of sp³-hybridized carbons (Fsp3) is 0.222. The van der Waals surface area contributed by atoms with Gasteiger partial charge in [-0.15, -0.1) is 0 Å². The predicted octanol–water partition coefficient (Wildman–Crippen LogP) is 2.26. The molecule has 0 aromatic heterocycles. The lowest BCUT2D eigenvalue weighted by Crippen LogP contribution is -2.24. The minimum absolute atomic E-state index is 0.382. The molecule has 0 unspecified atom stereocenters. The first-order valence-corrected chi connectivity index (χ1v) is 4.62. The second-order valence-corrected chi connectivity index (χ2v) is 3.23. The Morgan fingerprint density at radius 2 is 2.08 bits per heavy atom. The summed E-state index contributed by atoms with van der Waals surface area (Å²) in [7, 11) is 1.87. The summed E-state index contributed by atoms with van der Waals surface area (Å²) in [5.74, 6) is 0. The summed E-state index contributed by atoms with van der Waals surface area (Å²) in [6, 6.07) is 10.0. The minimum Gasteiger partial charge on any atom is -0.400 e. The zero-order valence-electron chi connectivity index (χ0n) is 7.30. The first-order valence-electron chi connectivity index (χ1n) is 3.84. The maximum Gasteiger partial charge on any atom is 0.271 e. The monoisotopic (exact) mass is 213 g/mol. The first kappa shape index (κ1) is 10.3. The molecule has 0 saturated heterocycles. The third kappa shape index (κ3) is 3.24. The van der Waals surface area contributed by atoms with Crippen LogP contribution in [0.2, 0.25) is 0 Å². The second kappa shape index (κ2) is 5.09. The van der Waals surface area contributed by atoms with E-state index in [2.05, 4.69) is 17.1 Å². The number of hydrogen-bond acceptors (Lipinski definition) is 3. The van der Waals surface area contributed by atoms with E-state index in [1.807, 2.05) is 42.3 Å². The van der Waals surface area contributed by atoms with Gasteiger partial charge >= 0.3 is 0 Å². The summed E-state index contributed by atoms with van der Waals surface area (Å²) in [5, 5.41) is 0.382. The summed E-state index contributed by atoms with van der Waals surface area (Å²) < 4.78 is 4.64. The van der Waals surface area contributed by atoms with Crippen molar-refractivity contribution in [2.45, 2.75) is 6.54 Å². The largest absolute Gasteiger partial charge is 0.400 e. The smallest absolute Gasteiger partial charge is 0.271 e. The van der Waals surface area contributed by atoms with Gasteiger partial charge in [0.25, 0.3) is 5.17 Å². The van der Waals surface area contributed by atoms with Gasteiger partial charge in [-0.2, -0.15) is 0 Å². The third-order valence-corrected chi connectivity index (χ3v) is 2.34. The van der Waals surface area contributed by atoms with Crippen LogP contribution in [0.3, 0.4) is 0 Å². The average Bonchev–Trinajstić information content (AvgIpc) is 2.18. The summed E-state index contributed by atoms with van der Waals surface area (Å²) >= 11 is 8.54.